The third kappa shape index (κ3) is 10.6. The molecular formula is C24H39NO3. The topological polar surface area (TPSA) is 66.4 Å². The second-order valence-electron chi connectivity index (χ2n) is 7.81. The van der Waals surface area contributed by atoms with E-state index in [1.165, 1.54) is 51.4 Å². The van der Waals surface area contributed by atoms with Crippen molar-refractivity contribution in [2.24, 2.45) is 0 Å². The maximum absolute atomic E-state index is 12.4. The molecule has 1 rings (SSSR count). The van der Waals surface area contributed by atoms with Crippen molar-refractivity contribution in [2.75, 3.05) is 0 Å². The van der Waals surface area contributed by atoms with E-state index in [9.17, 15) is 14.7 Å². The van der Waals surface area contributed by atoms with Crippen molar-refractivity contribution in [3.63, 3.8) is 0 Å². The van der Waals surface area contributed by atoms with Crippen molar-refractivity contribution in [3.05, 3.63) is 35.9 Å². The number of nitrogens with one attached hydrogen (secondary N) is 1. The van der Waals surface area contributed by atoms with Crippen LogP contribution < -0.4 is 5.32 Å². The Balaban J connectivity index is 2.18. The lowest BCUT2D eigenvalue weighted by Gasteiger charge is -2.20. The highest BCUT2D eigenvalue weighted by Gasteiger charge is 2.25. The highest BCUT2D eigenvalue weighted by atomic mass is 16.3. The molecule has 2 N–H and O–H groups in total. The fraction of sp³-hybridized carbons (Fsp3) is 0.667. The molecule has 0 unspecified atom stereocenters. The van der Waals surface area contributed by atoms with Gasteiger partial charge in [-0.2, -0.15) is 0 Å². The van der Waals surface area contributed by atoms with Crippen LogP contribution >= 0.6 is 0 Å². The number of unbranched alkanes of at least 4 members (excludes halogenated alkanes) is 10. The predicted molar refractivity (Wildman–Crippen MR) is 115 cm³/mol. The van der Waals surface area contributed by atoms with Crippen molar-refractivity contribution >= 4 is 11.7 Å². The molecule has 1 amide bonds. The van der Waals surface area contributed by atoms with Crippen molar-refractivity contribution in [3.8, 4) is 0 Å². The third-order valence-electron chi connectivity index (χ3n) is 5.18. The molecule has 4 heteroatoms. The molecule has 0 aliphatic carbocycles. The van der Waals surface area contributed by atoms with E-state index in [0.29, 0.717) is 12.0 Å². The quantitative estimate of drug-likeness (QED) is 0.370. The number of hydrogen-bond acceptors (Lipinski definition) is 3. The second-order valence-corrected chi connectivity index (χ2v) is 7.81. The van der Waals surface area contributed by atoms with Gasteiger partial charge in [-0.25, -0.2) is 0 Å². The number of benzene rings is 1. The summed E-state index contributed by atoms with van der Waals surface area (Å²) in [5.74, 6) is -0.408. The zero-order chi connectivity index (χ0) is 20.6. The number of hydrogen-bond donors (Lipinski definition) is 2. The molecule has 0 aromatic heterocycles. The summed E-state index contributed by atoms with van der Waals surface area (Å²) in [6, 6.07) is 7.95. The molecule has 158 valence electrons. The molecular weight excluding hydrogens is 350 g/mol. The van der Waals surface area contributed by atoms with Crippen LogP contribution in [0.1, 0.15) is 101 Å². The fourth-order valence-electron chi connectivity index (χ4n) is 3.40. The van der Waals surface area contributed by atoms with Crippen LogP contribution in [0.5, 0.6) is 0 Å². The molecule has 0 saturated heterocycles. The predicted octanol–water partition coefficient (Wildman–Crippen LogP) is 5.44. The van der Waals surface area contributed by atoms with Gasteiger partial charge >= 0.3 is 0 Å². The molecule has 2 atom stereocenters. The summed E-state index contributed by atoms with van der Waals surface area (Å²) in [4.78, 5) is 24.7. The van der Waals surface area contributed by atoms with E-state index in [1.807, 2.05) is 6.07 Å². The molecule has 28 heavy (non-hydrogen) atoms. The normalized spacial score (nSPS) is 13.1. The highest BCUT2D eigenvalue weighted by molar-refractivity contribution is 5.98. The summed E-state index contributed by atoms with van der Waals surface area (Å²) in [5.41, 5.74) is 0.496. The Hall–Kier alpha value is -1.68. The van der Waals surface area contributed by atoms with Crippen molar-refractivity contribution in [1.29, 1.82) is 0 Å². The van der Waals surface area contributed by atoms with Gasteiger partial charge in [0.1, 0.15) is 6.04 Å². The van der Waals surface area contributed by atoms with Crippen LogP contribution in [0, 0.1) is 0 Å². The minimum absolute atomic E-state index is 0.0878. The molecule has 1 aromatic carbocycles. The maximum Gasteiger partial charge on any atom is 0.251 e. The van der Waals surface area contributed by atoms with Gasteiger partial charge in [-0.05, 0) is 25.5 Å². The van der Waals surface area contributed by atoms with Gasteiger partial charge in [0.25, 0.3) is 5.91 Å². The standard InChI is InChI=1S/C24H39NO3/c1-3-4-5-6-7-8-9-10-11-12-16-19-22(27)23(20(2)26)25-24(28)21-17-14-13-15-18-21/h13-15,17-18,20,23,26H,3-12,16,19H2,1-2H3,(H,25,28)/t20-,23+/m1/s1. The lowest BCUT2D eigenvalue weighted by Crippen LogP contribution is -2.47. The molecule has 4 nitrogen and oxygen atoms in total. The number of carbonyl (C=O) groups is 2. The van der Waals surface area contributed by atoms with Crippen LogP contribution in [-0.2, 0) is 4.79 Å². The van der Waals surface area contributed by atoms with Gasteiger partial charge in [-0.15, -0.1) is 0 Å². The minimum Gasteiger partial charge on any atom is -0.391 e. The first-order chi connectivity index (χ1) is 13.6. The van der Waals surface area contributed by atoms with Gasteiger partial charge in [0.15, 0.2) is 5.78 Å². The average Bonchev–Trinajstić information content (AvgIpc) is 2.70. The molecule has 0 heterocycles. The molecule has 0 aliphatic heterocycles. The Kier molecular flexibility index (Phi) is 13.3. The molecule has 0 fully saturated rings. The van der Waals surface area contributed by atoms with Crippen LogP contribution in [0.15, 0.2) is 30.3 Å². The first-order valence-electron chi connectivity index (χ1n) is 11.1. The second kappa shape index (κ2) is 15.3. The van der Waals surface area contributed by atoms with Crippen LogP contribution in [-0.4, -0.2) is 28.9 Å². The summed E-state index contributed by atoms with van der Waals surface area (Å²) < 4.78 is 0. The first-order valence-corrected chi connectivity index (χ1v) is 11.1. The van der Waals surface area contributed by atoms with Gasteiger partial charge in [0.05, 0.1) is 6.10 Å². The molecule has 0 aliphatic rings. The number of Topliss-reactive ketones (excluding diaryl/α,β-unsaturated/α-hetero) is 1. The smallest absolute Gasteiger partial charge is 0.251 e. The van der Waals surface area contributed by atoms with Crippen LogP contribution in [0.25, 0.3) is 0 Å². The number of carbonyl (C=O) groups excluding carboxylic acids is 2. The van der Waals surface area contributed by atoms with E-state index in [-0.39, 0.29) is 11.7 Å². The molecule has 0 spiro atoms. The van der Waals surface area contributed by atoms with Gasteiger partial charge in [-0.3, -0.25) is 9.59 Å². The largest absolute Gasteiger partial charge is 0.391 e. The number of aliphatic hydroxyl groups is 1. The SMILES string of the molecule is CCCCCCCCCCCCCC(=O)[C@@H](NC(=O)c1ccccc1)[C@@H](C)O. The van der Waals surface area contributed by atoms with Gasteiger partial charge in [-0.1, -0.05) is 89.3 Å². The molecule has 0 saturated carbocycles. The van der Waals surface area contributed by atoms with E-state index in [2.05, 4.69) is 12.2 Å². The summed E-state index contributed by atoms with van der Waals surface area (Å²) >= 11 is 0. The zero-order valence-corrected chi connectivity index (χ0v) is 17.8. The summed E-state index contributed by atoms with van der Waals surface area (Å²) in [6.45, 7) is 3.79. The van der Waals surface area contributed by atoms with Crippen LogP contribution in [0.3, 0.4) is 0 Å². The first kappa shape index (κ1) is 24.4. The minimum atomic E-state index is -0.895. The Morgan fingerprint density at radius 2 is 1.36 bits per heavy atom. The molecule has 1 aromatic rings. The lowest BCUT2D eigenvalue weighted by atomic mass is 10.00. The zero-order valence-electron chi connectivity index (χ0n) is 17.8. The molecule has 0 bridgehead atoms. The lowest BCUT2D eigenvalue weighted by molar-refractivity contribution is -0.123. The van der Waals surface area contributed by atoms with Crippen LogP contribution in [0.2, 0.25) is 0 Å². The van der Waals surface area contributed by atoms with E-state index < -0.39 is 12.1 Å². The summed E-state index contributed by atoms with van der Waals surface area (Å²) in [7, 11) is 0. The Morgan fingerprint density at radius 1 is 0.857 bits per heavy atom. The van der Waals surface area contributed by atoms with Gasteiger partial charge in [0.2, 0.25) is 0 Å². The Morgan fingerprint density at radius 3 is 1.86 bits per heavy atom. The van der Waals surface area contributed by atoms with Gasteiger partial charge < -0.3 is 10.4 Å². The Bertz CT molecular complexity index is 542. The van der Waals surface area contributed by atoms with E-state index in [4.69, 9.17) is 0 Å². The highest BCUT2D eigenvalue weighted by Crippen LogP contribution is 2.13. The van der Waals surface area contributed by atoms with Crippen molar-refractivity contribution in [1.82, 2.24) is 5.32 Å². The monoisotopic (exact) mass is 389 g/mol. The molecule has 0 radical (unpaired) electrons. The van der Waals surface area contributed by atoms with Crippen molar-refractivity contribution in [2.45, 2.75) is 103 Å². The third-order valence-corrected chi connectivity index (χ3v) is 5.18. The number of amides is 1. The summed E-state index contributed by atoms with van der Waals surface area (Å²) in [6.07, 6.45) is 13.1. The maximum atomic E-state index is 12.4. The number of rotatable bonds is 16. The summed E-state index contributed by atoms with van der Waals surface area (Å²) in [5, 5.41) is 12.6. The Labute approximate surface area is 171 Å². The van der Waals surface area contributed by atoms with Gasteiger partial charge in [0, 0.05) is 12.0 Å². The van der Waals surface area contributed by atoms with E-state index >= 15 is 0 Å². The van der Waals surface area contributed by atoms with E-state index in [0.717, 1.165) is 19.3 Å². The number of ketones is 1. The van der Waals surface area contributed by atoms with Crippen molar-refractivity contribution < 1.29 is 14.7 Å². The van der Waals surface area contributed by atoms with Crippen LogP contribution in [0.4, 0.5) is 0 Å². The number of aliphatic hydroxyl groups excluding tert-OH is 1. The fourth-order valence-corrected chi connectivity index (χ4v) is 3.40. The van der Waals surface area contributed by atoms with E-state index in [1.54, 1.807) is 31.2 Å². The average molecular weight is 390 g/mol.